The van der Waals surface area contributed by atoms with Gasteiger partial charge < -0.3 is 9.88 Å². The van der Waals surface area contributed by atoms with E-state index in [1.54, 1.807) is 0 Å². The van der Waals surface area contributed by atoms with Gasteiger partial charge in [-0.25, -0.2) is 0 Å². The van der Waals surface area contributed by atoms with E-state index >= 15 is 0 Å². The molecule has 1 aromatic rings. The van der Waals surface area contributed by atoms with Crippen LogP contribution >= 0.6 is 0 Å². The molecule has 0 amide bonds. The van der Waals surface area contributed by atoms with E-state index in [-0.39, 0.29) is 0 Å². The first-order chi connectivity index (χ1) is 7.95. The molecule has 4 nitrogen and oxygen atoms in total. The number of nitrogens with zero attached hydrogens (tertiary/aromatic N) is 3. The minimum Gasteiger partial charge on any atom is -0.346 e. The Kier molecular flexibility index (Phi) is 2.91. The minimum atomic E-state index is 0.646. The molecule has 0 bridgehead atoms. The van der Waals surface area contributed by atoms with Gasteiger partial charge in [0.1, 0.15) is 11.6 Å². The maximum Gasteiger partial charge on any atom is 0.141 e. The molecule has 16 heavy (non-hydrogen) atoms. The Morgan fingerprint density at radius 1 is 1.12 bits per heavy atom. The fraction of sp³-hybridized carbons (Fsp3) is 0.833. The van der Waals surface area contributed by atoms with E-state index in [2.05, 4.69) is 20.1 Å². The molecule has 0 spiro atoms. The second-order valence-corrected chi connectivity index (χ2v) is 5.09. The van der Waals surface area contributed by atoms with E-state index < -0.39 is 0 Å². The smallest absolute Gasteiger partial charge is 0.141 e. The first kappa shape index (κ1) is 10.3. The molecule has 1 aromatic heterocycles. The number of nitrogens with two attached hydrogens (primary N) is 1. The summed E-state index contributed by atoms with van der Waals surface area (Å²) in [6.07, 6.45) is 7.69. The lowest BCUT2D eigenvalue weighted by molar-refractivity contribution is -0.665. The average molecular weight is 221 g/mol. The summed E-state index contributed by atoms with van der Waals surface area (Å²) < 4.78 is 2.41. The summed E-state index contributed by atoms with van der Waals surface area (Å²) in [6.45, 7) is 3.64. The lowest BCUT2D eigenvalue weighted by atomic mass is 9.99. The maximum absolute atomic E-state index is 4.46. The highest BCUT2D eigenvalue weighted by molar-refractivity contribution is 5.04. The number of hydrogen-bond acceptors (Lipinski definition) is 2. The summed E-state index contributed by atoms with van der Waals surface area (Å²) in [4.78, 5) is 0. The lowest BCUT2D eigenvalue weighted by Crippen LogP contribution is -2.86. The summed E-state index contributed by atoms with van der Waals surface area (Å²) in [7, 11) is 0. The van der Waals surface area contributed by atoms with Gasteiger partial charge in [0.25, 0.3) is 0 Å². The number of piperidine rings is 1. The number of rotatable bonds is 1. The minimum absolute atomic E-state index is 0.646. The van der Waals surface area contributed by atoms with Gasteiger partial charge in [-0.3, -0.25) is 0 Å². The highest BCUT2D eigenvalue weighted by Crippen LogP contribution is 2.23. The van der Waals surface area contributed by atoms with Crippen molar-refractivity contribution in [2.45, 2.75) is 51.0 Å². The summed E-state index contributed by atoms with van der Waals surface area (Å²) in [5.41, 5.74) is 0. The van der Waals surface area contributed by atoms with E-state index in [1.807, 2.05) is 0 Å². The number of quaternary nitrogens is 1. The van der Waals surface area contributed by atoms with Gasteiger partial charge in [-0.1, -0.05) is 6.42 Å². The normalized spacial score (nSPS) is 26.1. The van der Waals surface area contributed by atoms with Gasteiger partial charge in [0.2, 0.25) is 0 Å². The monoisotopic (exact) mass is 221 g/mol. The van der Waals surface area contributed by atoms with Crippen molar-refractivity contribution in [1.29, 1.82) is 0 Å². The molecule has 0 radical (unpaired) electrons. The summed E-state index contributed by atoms with van der Waals surface area (Å²) >= 11 is 0. The molecule has 4 heteroatoms. The third-order valence-electron chi connectivity index (χ3n) is 3.92. The SMILES string of the molecule is C1CCc2nnc([C@@H]3CCC[NH2+]C3)n2CC1. The Labute approximate surface area is 96.4 Å². The van der Waals surface area contributed by atoms with Gasteiger partial charge in [-0.15, -0.1) is 10.2 Å². The molecular weight excluding hydrogens is 200 g/mol. The highest BCUT2D eigenvalue weighted by Gasteiger charge is 2.25. The first-order valence-corrected chi connectivity index (χ1v) is 6.69. The van der Waals surface area contributed by atoms with Crippen LogP contribution in [0.2, 0.25) is 0 Å². The van der Waals surface area contributed by atoms with Crippen molar-refractivity contribution in [1.82, 2.24) is 14.8 Å². The average Bonchev–Trinajstić information content (AvgIpc) is 2.60. The Balaban J connectivity index is 1.86. The van der Waals surface area contributed by atoms with Crippen LogP contribution in [-0.4, -0.2) is 27.9 Å². The second kappa shape index (κ2) is 4.53. The first-order valence-electron chi connectivity index (χ1n) is 6.69. The molecular formula is C12H21N4+. The van der Waals surface area contributed by atoms with Crippen molar-refractivity contribution in [3.05, 3.63) is 11.6 Å². The Morgan fingerprint density at radius 3 is 3.00 bits per heavy atom. The molecule has 2 N–H and O–H groups in total. The van der Waals surface area contributed by atoms with E-state index in [4.69, 9.17) is 0 Å². The zero-order valence-corrected chi connectivity index (χ0v) is 9.86. The van der Waals surface area contributed by atoms with Crippen LogP contribution in [0.1, 0.15) is 49.7 Å². The van der Waals surface area contributed by atoms with Gasteiger partial charge in [0.05, 0.1) is 19.0 Å². The number of fused-ring (bicyclic) bond motifs is 1. The van der Waals surface area contributed by atoms with Gasteiger partial charge in [-0.2, -0.15) is 0 Å². The topological polar surface area (TPSA) is 47.3 Å². The van der Waals surface area contributed by atoms with Crippen molar-refractivity contribution in [2.24, 2.45) is 0 Å². The van der Waals surface area contributed by atoms with Crippen LogP contribution in [0.25, 0.3) is 0 Å². The number of aryl methyl sites for hydroxylation is 1. The molecule has 0 saturated carbocycles. The fourth-order valence-electron chi connectivity index (χ4n) is 2.99. The quantitative estimate of drug-likeness (QED) is 0.748. The Bertz CT molecular complexity index is 352. The third kappa shape index (κ3) is 1.86. The van der Waals surface area contributed by atoms with E-state index in [0.29, 0.717) is 5.92 Å². The summed E-state index contributed by atoms with van der Waals surface area (Å²) in [5.74, 6) is 3.15. The van der Waals surface area contributed by atoms with Crippen molar-refractivity contribution >= 4 is 0 Å². The number of hydrogen-bond donors (Lipinski definition) is 1. The predicted octanol–water partition coefficient (Wildman–Crippen LogP) is 0.445. The molecule has 3 heterocycles. The van der Waals surface area contributed by atoms with Crippen LogP contribution in [0, 0.1) is 0 Å². The number of aromatic nitrogens is 3. The van der Waals surface area contributed by atoms with E-state index in [9.17, 15) is 0 Å². The van der Waals surface area contributed by atoms with Crippen LogP contribution in [0.5, 0.6) is 0 Å². The Hall–Kier alpha value is -0.900. The zero-order chi connectivity index (χ0) is 10.8. The largest absolute Gasteiger partial charge is 0.346 e. The van der Waals surface area contributed by atoms with E-state index in [0.717, 1.165) is 13.0 Å². The summed E-state index contributed by atoms with van der Waals surface area (Å²) in [6, 6.07) is 0. The summed E-state index contributed by atoms with van der Waals surface area (Å²) in [5, 5.41) is 11.3. The molecule has 1 fully saturated rings. The van der Waals surface area contributed by atoms with Crippen molar-refractivity contribution in [2.75, 3.05) is 13.1 Å². The van der Waals surface area contributed by atoms with Gasteiger partial charge in [0.15, 0.2) is 0 Å². The van der Waals surface area contributed by atoms with Crippen LogP contribution in [0.4, 0.5) is 0 Å². The molecule has 0 aliphatic carbocycles. The van der Waals surface area contributed by atoms with Gasteiger partial charge in [0, 0.05) is 13.0 Å². The van der Waals surface area contributed by atoms with Crippen LogP contribution < -0.4 is 5.32 Å². The fourth-order valence-corrected chi connectivity index (χ4v) is 2.99. The molecule has 0 aromatic carbocycles. The van der Waals surface area contributed by atoms with Crippen molar-refractivity contribution < 1.29 is 5.32 Å². The molecule has 1 saturated heterocycles. The third-order valence-corrected chi connectivity index (χ3v) is 3.92. The van der Waals surface area contributed by atoms with Crippen LogP contribution in [0.3, 0.4) is 0 Å². The maximum atomic E-state index is 4.46. The molecule has 2 aliphatic heterocycles. The van der Waals surface area contributed by atoms with Crippen LogP contribution in [0.15, 0.2) is 0 Å². The molecule has 3 rings (SSSR count). The zero-order valence-electron chi connectivity index (χ0n) is 9.86. The van der Waals surface area contributed by atoms with Gasteiger partial charge in [-0.05, 0) is 25.7 Å². The molecule has 88 valence electrons. The van der Waals surface area contributed by atoms with E-state index in [1.165, 1.54) is 56.8 Å². The van der Waals surface area contributed by atoms with Gasteiger partial charge >= 0.3 is 0 Å². The Morgan fingerprint density at radius 2 is 2.12 bits per heavy atom. The molecule has 2 aliphatic rings. The second-order valence-electron chi connectivity index (χ2n) is 5.09. The predicted molar refractivity (Wildman–Crippen MR) is 61.2 cm³/mol. The lowest BCUT2D eigenvalue weighted by Gasteiger charge is -2.20. The standard InChI is InChI=1S/C12H20N4/c1-2-6-11-14-15-12(16(11)8-3-1)10-5-4-7-13-9-10/h10,13H,1-9H2/p+1/t10-/m1/s1. The van der Waals surface area contributed by atoms with Crippen LogP contribution in [-0.2, 0) is 13.0 Å². The highest BCUT2D eigenvalue weighted by atomic mass is 15.3. The molecule has 1 atom stereocenters. The van der Waals surface area contributed by atoms with Crippen molar-refractivity contribution in [3.63, 3.8) is 0 Å². The molecule has 0 unspecified atom stereocenters. The van der Waals surface area contributed by atoms with Crippen molar-refractivity contribution in [3.8, 4) is 0 Å².